The maximum atomic E-state index is 12.1. The van der Waals surface area contributed by atoms with E-state index in [1.165, 1.54) is 0 Å². The molecule has 1 fully saturated rings. The topological polar surface area (TPSA) is 46.3 Å². The largest absolute Gasteiger partial charge is 0.339 e. The van der Waals surface area contributed by atoms with E-state index in [9.17, 15) is 4.79 Å². The first-order valence-electron chi connectivity index (χ1n) is 5.44. The highest BCUT2D eigenvalue weighted by Crippen LogP contribution is 2.21. The summed E-state index contributed by atoms with van der Waals surface area (Å²) in [5.41, 5.74) is 6.47. The Morgan fingerprint density at radius 3 is 2.75 bits per heavy atom. The first-order valence-corrected chi connectivity index (χ1v) is 7.40. The smallest absolute Gasteiger partial charge is 0.254 e. The molecule has 3 nitrogen and oxygen atoms in total. The minimum absolute atomic E-state index is 0.176. The van der Waals surface area contributed by atoms with Gasteiger partial charge in [0, 0.05) is 18.5 Å². The van der Waals surface area contributed by atoms with Gasteiger partial charge in [0.05, 0.1) is 8.45 Å². The minimum Gasteiger partial charge on any atom is -0.339 e. The summed E-state index contributed by atoms with van der Waals surface area (Å²) in [6.45, 7) is 2.46. The van der Waals surface area contributed by atoms with Crippen molar-refractivity contribution in [2.24, 2.45) is 11.7 Å². The molecule has 1 aromatic heterocycles. The molecule has 1 aromatic rings. The molecule has 1 aliphatic heterocycles. The molecule has 16 heavy (non-hydrogen) atoms. The van der Waals surface area contributed by atoms with E-state index < -0.39 is 0 Å². The molecule has 0 radical (unpaired) electrons. The van der Waals surface area contributed by atoms with Crippen LogP contribution in [0.3, 0.4) is 0 Å². The van der Waals surface area contributed by atoms with Crippen LogP contribution in [-0.2, 0) is 0 Å². The number of carbonyl (C=O) groups excluding carboxylic acids is 1. The van der Waals surface area contributed by atoms with E-state index >= 15 is 0 Å². The number of rotatable bonds is 2. The molecule has 0 unspecified atom stereocenters. The normalized spacial score (nSPS) is 17.8. The van der Waals surface area contributed by atoms with Gasteiger partial charge in [-0.25, -0.2) is 0 Å². The summed E-state index contributed by atoms with van der Waals surface area (Å²) in [7, 11) is 0. The predicted molar refractivity (Wildman–Crippen MR) is 74.7 cm³/mol. The monoisotopic (exact) mass is 350 g/mol. The Morgan fingerprint density at radius 1 is 1.56 bits per heavy atom. The first-order chi connectivity index (χ1) is 7.70. The number of hydrogen-bond donors (Lipinski definition) is 1. The summed E-state index contributed by atoms with van der Waals surface area (Å²) < 4.78 is 1.16. The van der Waals surface area contributed by atoms with Crippen LogP contribution in [0.4, 0.5) is 0 Å². The van der Waals surface area contributed by atoms with E-state index in [4.69, 9.17) is 5.73 Å². The van der Waals surface area contributed by atoms with Gasteiger partial charge in [0.15, 0.2) is 0 Å². The van der Waals surface area contributed by atoms with Crippen molar-refractivity contribution in [3.63, 3.8) is 0 Å². The average molecular weight is 350 g/mol. The lowest BCUT2D eigenvalue weighted by atomic mass is 9.97. The molecule has 5 heteroatoms. The van der Waals surface area contributed by atoms with Crippen LogP contribution in [0.2, 0.25) is 0 Å². The number of hydrogen-bond acceptors (Lipinski definition) is 3. The maximum Gasteiger partial charge on any atom is 0.254 e. The number of piperidine rings is 1. The zero-order valence-electron chi connectivity index (χ0n) is 8.99. The number of nitrogens with two attached hydrogens (primary N) is 1. The molecule has 88 valence electrons. The second-order valence-electron chi connectivity index (χ2n) is 4.11. The number of thiophene rings is 1. The number of nitrogens with zero attached hydrogens (tertiary/aromatic N) is 1. The molecule has 1 amide bonds. The molecular weight excluding hydrogens is 335 g/mol. The summed E-state index contributed by atoms with van der Waals surface area (Å²) in [5, 5.41) is 1.94. The highest BCUT2D eigenvalue weighted by Gasteiger charge is 2.23. The lowest BCUT2D eigenvalue weighted by Crippen LogP contribution is -2.39. The Bertz CT molecular complexity index is 372. The molecule has 1 saturated heterocycles. The molecule has 2 heterocycles. The van der Waals surface area contributed by atoms with Crippen LogP contribution >= 0.6 is 33.9 Å². The zero-order chi connectivity index (χ0) is 11.5. The minimum atomic E-state index is 0.176. The fraction of sp³-hybridized carbons (Fsp3) is 0.545. The fourth-order valence-electron chi connectivity index (χ4n) is 1.98. The lowest BCUT2D eigenvalue weighted by molar-refractivity contribution is 0.0694. The van der Waals surface area contributed by atoms with Crippen LogP contribution in [0.1, 0.15) is 23.2 Å². The summed E-state index contributed by atoms with van der Waals surface area (Å²) in [5.74, 6) is 0.779. The third-order valence-corrected chi connectivity index (χ3v) is 4.84. The zero-order valence-corrected chi connectivity index (χ0v) is 12.0. The van der Waals surface area contributed by atoms with E-state index in [1.807, 2.05) is 16.3 Å². The fourth-order valence-corrected chi connectivity index (χ4v) is 3.30. The number of carbonyl (C=O) groups is 1. The Balaban J connectivity index is 1.96. The van der Waals surface area contributed by atoms with Crippen LogP contribution in [0.15, 0.2) is 11.4 Å². The van der Waals surface area contributed by atoms with E-state index in [-0.39, 0.29) is 5.91 Å². The quantitative estimate of drug-likeness (QED) is 0.831. The molecule has 2 rings (SSSR count). The summed E-state index contributed by atoms with van der Waals surface area (Å²) in [6, 6.07) is 1.96. The van der Waals surface area contributed by atoms with Crippen molar-refractivity contribution in [3.8, 4) is 0 Å². The number of likely N-dealkylation sites (tertiary alicyclic amines) is 1. The van der Waals surface area contributed by atoms with Gasteiger partial charge in [-0.05, 0) is 54.0 Å². The highest BCUT2D eigenvalue weighted by atomic mass is 127. The Morgan fingerprint density at radius 2 is 2.25 bits per heavy atom. The molecule has 0 aromatic carbocycles. The summed E-state index contributed by atoms with van der Waals surface area (Å²) in [4.78, 5) is 14.1. The van der Waals surface area contributed by atoms with Crippen molar-refractivity contribution in [2.75, 3.05) is 19.6 Å². The maximum absolute atomic E-state index is 12.1. The third kappa shape index (κ3) is 2.75. The molecule has 0 atom stereocenters. The standard InChI is InChI=1S/C11H15IN2OS/c12-10-5-9(7-16-10)11(15)14-3-1-8(6-13)2-4-14/h5,7-8H,1-4,6,13H2. The van der Waals surface area contributed by atoms with Gasteiger partial charge in [0.1, 0.15) is 0 Å². The van der Waals surface area contributed by atoms with E-state index in [1.54, 1.807) is 11.3 Å². The van der Waals surface area contributed by atoms with E-state index in [0.29, 0.717) is 5.92 Å². The predicted octanol–water partition coefficient (Wildman–Crippen LogP) is 2.16. The van der Waals surface area contributed by atoms with Crippen molar-refractivity contribution in [1.82, 2.24) is 4.90 Å². The average Bonchev–Trinajstić information content (AvgIpc) is 2.75. The highest BCUT2D eigenvalue weighted by molar-refractivity contribution is 14.1. The molecule has 0 spiro atoms. The van der Waals surface area contributed by atoms with E-state index in [2.05, 4.69) is 22.6 Å². The van der Waals surface area contributed by atoms with Crippen molar-refractivity contribution in [1.29, 1.82) is 0 Å². The molecule has 0 bridgehead atoms. The SMILES string of the molecule is NCC1CCN(C(=O)c2csc(I)c2)CC1. The van der Waals surface area contributed by atoms with Crippen LogP contribution in [0, 0.1) is 8.80 Å². The van der Waals surface area contributed by atoms with E-state index in [0.717, 1.165) is 40.9 Å². The number of halogens is 1. The summed E-state index contributed by atoms with van der Waals surface area (Å²) in [6.07, 6.45) is 2.09. The van der Waals surface area contributed by atoms with Gasteiger partial charge < -0.3 is 10.6 Å². The van der Waals surface area contributed by atoms with Gasteiger partial charge >= 0.3 is 0 Å². The van der Waals surface area contributed by atoms with Gasteiger partial charge in [-0.2, -0.15) is 0 Å². The second-order valence-corrected chi connectivity index (χ2v) is 6.92. The van der Waals surface area contributed by atoms with Crippen molar-refractivity contribution in [2.45, 2.75) is 12.8 Å². The van der Waals surface area contributed by atoms with Gasteiger partial charge in [0.2, 0.25) is 0 Å². The van der Waals surface area contributed by atoms with Crippen LogP contribution in [0.25, 0.3) is 0 Å². The van der Waals surface area contributed by atoms with Crippen molar-refractivity contribution >= 4 is 39.8 Å². The van der Waals surface area contributed by atoms with Crippen LogP contribution in [-0.4, -0.2) is 30.4 Å². The van der Waals surface area contributed by atoms with Gasteiger partial charge in [-0.15, -0.1) is 11.3 Å². The van der Waals surface area contributed by atoms with Gasteiger partial charge in [-0.1, -0.05) is 0 Å². The van der Waals surface area contributed by atoms with Crippen LogP contribution < -0.4 is 5.73 Å². The lowest BCUT2D eigenvalue weighted by Gasteiger charge is -2.31. The molecule has 1 aliphatic rings. The molecule has 2 N–H and O–H groups in total. The number of amides is 1. The molecule has 0 saturated carbocycles. The van der Waals surface area contributed by atoms with Crippen molar-refractivity contribution < 1.29 is 4.79 Å². The second kappa shape index (κ2) is 5.46. The molecule has 0 aliphatic carbocycles. The Kier molecular flexibility index (Phi) is 4.21. The Hall–Kier alpha value is -0.140. The Labute approximate surface area is 113 Å². The van der Waals surface area contributed by atoms with Crippen molar-refractivity contribution in [3.05, 3.63) is 19.9 Å². The van der Waals surface area contributed by atoms with Gasteiger partial charge in [-0.3, -0.25) is 4.79 Å². The van der Waals surface area contributed by atoms with Crippen LogP contribution in [0.5, 0.6) is 0 Å². The molecular formula is C11H15IN2OS. The first kappa shape index (κ1) is 12.3. The van der Waals surface area contributed by atoms with Gasteiger partial charge in [0.25, 0.3) is 5.91 Å². The summed E-state index contributed by atoms with van der Waals surface area (Å²) >= 11 is 3.87. The third-order valence-electron chi connectivity index (χ3n) is 3.05.